The maximum absolute atomic E-state index is 12.0. The van der Waals surface area contributed by atoms with Gasteiger partial charge in [0.2, 0.25) is 0 Å². The van der Waals surface area contributed by atoms with E-state index in [-0.39, 0.29) is 11.4 Å². The number of fused-ring (bicyclic) bond motifs is 3. The number of hydrogen-bond acceptors (Lipinski definition) is 2. The van der Waals surface area contributed by atoms with Crippen LogP contribution in [0.3, 0.4) is 0 Å². The molecule has 3 fully saturated rings. The van der Waals surface area contributed by atoms with Gasteiger partial charge in [0.15, 0.2) is 5.56 Å². The first-order valence-electron chi connectivity index (χ1n) is 7.01. The van der Waals surface area contributed by atoms with Crippen LogP contribution < -0.4 is 0 Å². The minimum absolute atomic E-state index is 0.0394. The lowest BCUT2D eigenvalue weighted by atomic mass is 9.61. The van der Waals surface area contributed by atoms with Gasteiger partial charge in [-0.1, -0.05) is 32.4 Å². The molecule has 17 heavy (non-hydrogen) atoms. The number of hydrogen-bond donors (Lipinski definition) is 0. The van der Waals surface area contributed by atoms with E-state index in [0.29, 0.717) is 6.42 Å². The fourth-order valence-corrected chi connectivity index (χ4v) is 2.96. The zero-order valence-electron chi connectivity index (χ0n) is 11.3. The Bertz CT molecular complexity index is 231. The van der Waals surface area contributed by atoms with Gasteiger partial charge in [-0.3, -0.25) is 4.79 Å². The number of halogens is 1. The summed E-state index contributed by atoms with van der Waals surface area (Å²) in [7, 11) is 0. The fraction of sp³-hybridized carbons (Fsp3) is 0.929. The lowest BCUT2D eigenvalue weighted by Gasteiger charge is -2.44. The van der Waals surface area contributed by atoms with Gasteiger partial charge < -0.3 is 4.74 Å². The summed E-state index contributed by atoms with van der Waals surface area (Å²) < 4.78 is 5.28. The van der Waals surface area contributed by atoms with Crippen molar-refractivity contribution in [2.24, 2.45) is 11.3 Å². The van der Waals surface area contributed by atoms with E-state index >= 15 is 0 Å². The number of rotatable bonds is 3. The summed E-state index contributed by atoms with van der Waals surface area (Å²) in [6.45, 7) is 5.93. The summed E-state index contributed by atoms with van der Waals surface area (Å²) in [5, 5.41) is 0. The van der Waals surface area contributed by atoms with E-state index in [1.165, 1.54) is 19.3 Å². The minimum Gasteiger partial charge on any atom is -0.446 e. The summed E-state index contributed by atoms with van der Waals surface area (Å²) in [6.07, 6.45) is 7.35. The van der Waals surface area contributed by atoms with E-state index in [4.69, 9.17) is 16.3 Å². The summed E-state index contributed by atoms with van der Waals surface area (Å²) in [5.74, 6) is 0.833. The molecule has 3 rings (SSSR count). The van der Waals surface area contributed by atoms with Crippen molar-refractivity contribution < 1.29 is 9.53 Å². The molecule has 0 aliphatic heterocycles. The van der Waals surface area contributed by atoms with Crippen LogP contribution in [-0.2, 0) is 9.53 Å². The molecule has 0 radical (unpaired) electrons. The maximum Gasteiger partial charge on any atom is 0.313 e. The molecule has 0 aromatic heterocycles. The normalized spacial score (nSPS) is 32.4. The molecule has 1 atom stereocenters. The Kier molecular flexibility index (Phi) is 5.78. The lowest BCUT2D eigenvalue weighted by molar-refractivity contribution is -0.164. The Morgan fingerprint density at radius 3 is 2.18 bits per heavy atom. The van der Waals surface area contributed by atoms with Crippen LogP contribution in [0, 0.1) is 11.3 Å². The van der Waals surface area contributed by atoms with Gasteiger partial charge in [-0.05, 0) is 50.9 Å². The van der Waals surface area contributed by atoms with Crippen molar-refractivity contribution in [2.45, 2.75) is 71.3 Å². The highest BCUT2D eigenvalue weighted by Crippen LogP contribution is 2.51. The second kappa shape index (κ2) is 6.63. The molecule has 0 saturated heterocycles. The van der Waals surface area contributed by atoms with Crippen LogP contribution in [0.4, 0.5) is 0 Å². The smallest absolute Gasteiger partial charge is 0.313 e. The SMILES string of the molecule is CC.CCC(Cl)OC(=O)C12CCC(CC1)CC2. The van der Waals surface area contributed by atoms with Crippen LogP contribution in [0.25, 0.3) is 0 Å². The molecule has 0 spiro atoms. The first-order valence-corrected chi connectivity index (χ1v) is 7.45. The van der Waals surface area contributed by atoms with Crippen LogP contribution in [-0.4, -0.2) is 11.5 Å². The van der Waals surface area contributed by atoms with Gasteiger partial charge >= 0.3 is 5.97 Å². The molecular formula is C14H25ClO2. The highest BCUT2D eigenvalue weighted by molar-refractivity contribution is 6.20. The molecule has 3 aliphatic carbocycles. The summed E-state index contributed by atoms with van der Waals surface area (Å²) in [5.41, 5.74) is -0.608. The topological polar surface area (TPSA) is 26.3 Å². The second-order valence-corrected chi connectivity index (χ2v) is 5.47. The Morgan fingerprint density at radius 2 is 1.76 bits per heavy atom. The minimum atomic E-state index is -0.438. The van der Waals surface area contributed by atoms with Gasteiger partial charge in [-0.15, -0.1) is 0 Å². The third kappa shape index (κ3) is 3.37. The van der Waals surface area contributed by atoms with Crippen molar-refractivity contribution in [3.63, 3.8) is 0 Å². The summed E-state index contributed by atoms with van der Waals surface area (Å²) in [4.78, 5) is 12.0. The monoisotopic (exact) mass is 260 g/mol. The molecule has 100 valence electrons. The lowest BCUT2D eigenvalue weighted by Crippen LogP contribution is -2.42. The van der Waals surface area contributed by atoms with E-state index in [1.54, 1.807) is 0 Å². The molecule has 3 aliphatic rings. The zero-order valence-corrected chi connectivity index (χ0v) is 12.1. The van der Waals surface area contributed by atoms with Gasteiger partial charge in [0.1, 0.15) is 0 Å². The number of ether oxygens (including phenoxy) is 1. The molecule has 0 amide bonds. The largest absolute Gasteiger partial charge is 0.446 e. The molecule has 2 bridgehead atoms. The van der Waals surface area contributed by atoms with Crippen LogP contribution in [0.15, 0.2) is 0 Å². The van der Waals surface area contributed by atoms with Gasteiger partial charge in [0.25, 0.3) is 0 Å². The first-order chi connectivity index (χ1) is 8.16. The van der Waals surface area contributed by atoms with Crippen molar-refractivity contribution in [3.8, 4) is 0 Å². The van der Waals surface area contributed by atoms with E-state index in [0.717, 1.165) is 25.2 Å². The van der Waals surface area contributed by atoms with Crippen LogP contribution in [0.1, 0.15) is 65.7 Å². The van der Waals surface area contributed by atoms with Crippen LogP contribution >= 0.6 is 11.6 Å². The third-order valence-electron chi connectivity index (χ3n) is 4.08. The van der Waals surface area contributed by atoms with E-state index in [2.05, 4.69) is 0 Å². The Balaban J connectivity index is 0.000000686. The molecule has 0 aromatic carbocycles. The number of alkyl halides is 1. The van der Waals surface area contributed by atoms with Gasteiger partial charge in [0, 0.05) is 0 Å². The molecule has 1 unspecified atom stereocenters. The quantitative estimate of drug-likeness (QED) is 0.552. The van der Waals surface area contributed by atoms with E-state index in [1.807, 2.05) is 20.8 Å². The molecule has 3 heteroatoms. The first kappa shape index (κ1) is 14.8. The summed E-state index contributed by atoms with van der Waals surface area (Å²) >= 11 is 5.87. The molecule has 2 nitrogen and oxygen atoms in total. The number of esters is 1. The molecule has 0 heterocycles. The zero-order chi connectivity index (χ0) is 12.9. The Morgan fingerprint density at radius 1 is 1.29 bits per heavy atom. The maximum atomic E-state index is 12.0. The number of carbonyl (C=O) groups is 1. The second-order valence-electron chi connectivity index (χ2n) is 4.99. The van der Waals surface area contributed by atoms with E-state index < -0.39 is 5.56 Å². The van der Waals surface area contributed by atoms with Gasteiger partial charge in [-0.25, -0.2) is 0 Å². The number of carbonyl (C=O) groups excluding carboxylic acids is 1. The van der Waals surface area contributed by atoms with Gasteiger partial charge in [-0.2, -0.15) is 0 Å². The predicted molar refractivity (Wildman–Crippen MR) is 71.0 cm³/mol. The highest BCUT2D eigenvalue weighted by Gasteiger charge is 2.47. The predicted octanol–water partition coefficient (Wildman–Crippen LogP) is 4.50. The fourth-order valence-electron chi connectivity index (χ4n) is 2.88. The highest BCUT2D eigenvalue weighted by atomic mass is 35.5. The van der Waals surface area contributed by atoms with Crippen LogP contribution in [0.5, 0.6) is 0 Å². The van der Waals surface area contributed by atoms with Crippen molar-refractivity contribution in [2.75, 3.05) is 0 Å². The van der Waals surface area contributed by atoms with Gasteiger partial charge in [0.05, 0.1) is 5.41 Å². The van der Waals surface area contributed by atoms with Crippen molar-refractivity contribution in [1.29, 1.82) is 0 Å². The molecule has 3 saturated carbocycles. The molecule has 0 N–H and O–H groups in total. The van der Waals surface area contributed by atoms with Crippen LogP contribution in [0.2, 0.25) is 0 Å². The average Bonchev–Trinajstić information content (AvgIpc) is 2.43. The Hall–Kier alpha value is -0.240. The average molecular weight is 261 g/mol. The standard InChI is InChI=1S/C12H19ClO2.C2H6/c1-2-10(13)15-11(14)12-6-3-9(4-7-12)5-8-12;1-2/h9-10H,2-8H2,1H3;1-2H3. The Labute approximate surface area is 110 Å². The van der Waals surface area contributed by atoms with E-state index in [9.17, 15) is 4.79 Å². The van der Waals surface area contributed by atoms with Crippen molar-refractivity contribution >= 4 is 17.6 Å². The van der Waals surface area contributed by atoms with Crippen molar-refractivity contribution in [1.82, 2.24) is 0 Å². The molecule has 0 aromatic rings. The third-order valence-corrected chi connectivity index (χ3v) is 4.48. The summed E-state index contributed by atoms with van der Waals surface area (Å²) in [6, 6.07) is 0. The van der Waals surface area contributed by atoms with Crippen molar-refractivity contribution in [3.05, 3.63) is 0 Å². The molecular weight excluding hydrogens is 236 g/mol.